The van der Waals surface area contributed by atoms with Gasteiger partial charge in [0.15, 0.2) is 0 Å². The number of benzene rings is 1. The molecule has 1 amide bonds. The van der Waals surface area contributed by atoms with E-state index < -0.39 is 0 Å². The van der Waals surface area contributed by atoms with Gasteiger partial charge in [-0.3, -0.25) is 4.79 Å². The van der Waals surface area contributed by atoms with Crippen molar-refractivity contribution in [2.75, 3.05) is 13.1 Å². The molecule has 0 bridgehead atoms. The first-order valence-corrected chi connectivity index (χ1v) is 6.71. The molecule has 1 saturated heterocycles. The van der Waals surface area contributed by atoms with Gasteiger partial charge in [-0.05, 0) is 56.5 Å². The van der Waals surface area contributed by atoms with Gasteiger partial charge in [0, 0.05) is 12.5 Å². The van der Waals surface area contributed by atoms with Crippen LogP contribution in [0.5, 0.6) is 0 Å². The Balaban J connectivity index is 1.86. The molecule has 1 aromatic carbocycles. The molecule has 0 atom stereocenters. The number of carbonyl (C=O) groups is 1. The standard InChI is InChI=1S/C15H22N2O/c1-11-3-4-13(9-12(11)2)10-17-15(18)14-5-7-16-8-6-14/h3-4,9,14,16H,5-8,10H2,1-2H3,(H,17,18). The number of piperidine rings is 1. The fourth-order valence-electron chi connectivity index (χ4n) is 2.33. The van der Waals surface area contributed by atoms with Crippen LogP contribution < -0.4 is 10.6 Å². The van der Waals surface area contributed by atoms with E-state index in [1.807, 2.05) is 0 Å². The quantitative estimate of drug-likeness (QED) is 0.855. The van der Waals surface area contributed by atoms with Crippen molar-refractivity contribution >= 4 is 5.91 Å². The normalized spacial score (nSPS) is 16.6. The second-order valence-electron chi connectivity index (χ2n) is 5.16. The third-order valence-electron chi connectivity index (χ3n) is 3.75. The maximum atomic E-state index is 12.0. The van der Waals surface area contributed by atoms with Crippen LogP contribution in [0.25, 0.3) is 0 Å². The Morgan fingerprint density at radius 3 is 2.67 bits per heavy atom. The Hall–Kier alpha value is -1.35. The highest BCUT2D eigenvalue weighted by Crippen LogP contribution is 2.13. The predicted molar refractivity (Wildman–Crippen MR) is 73.4 cm³/mol. The van der Waals surface area contributed by atoms with E-state index in [2.05, 4.69) is 42.7 Å². The molecule has 98 valence electrons. The summed E-state index contributed by atoms with van der Waals surface area (Å²) in [5.41, 5.74) is 3.76. The topological polar surface area (TPSA) is 41.1 Å². The van der Waals surface area contributed by atoms with Crippen molar-refractivity contribution in [2.45, 2.75) is 33.2 Å². The zero-order valence-corrected chi connectivity index (χ0v) is 11.3. The van der Waals surface area contributed by atoms with E-state index in [1.165, 1.54) is 16.7 Å². The smallest absolute Gasteiger partial charge is 0.223 e. The summed E-state index contributed by atoms with van der Waals surface area (Å²) >= 11 is 0. The molecule has 2 rings (SSSR count). The first-order valence-electron chi connectivity index (χ1n) is 6.71. The fourth-order valence-corrected chi connectivity index (χ4v) is 2.33. The van der Waals surface area contributed by atoms with Gasteiger partial charge in [0.05, 0.1) is 0 Å². The lowest BCUT2D eigenvalue weighted by molar-refractivity contribution is -0.125. The van der Waals surface area contributed by atoms with Crippen molar-refractivity contribution in [3.8, 4) is 0 Å². The number of hydrogen-bond acceptors (Lipinski definition) is 2. The van der Waals surface area contributed by atoms with Crippen LogP contribution in [0.1, 0.15) is 29.5 Å². The van der Waals surface area contributed by atoms with Crippen molar-refractivity contribution in [3.63, 3.8) is 0 Å². The Morgan fingerprint density at radius 1 is 1.28 bits per heavy atom. The van der Waals surface area contributed by atoms with Gasteiger partial charge in [-0.25, -0.2) is 0 Å². The van der Waals surface area contributed by atoms with Crippen LogP contribution in [-0.2, 0) is 11.3 Å². The average molecular weight is 246 g/mol. The van der Waals surface area contributed by atoms with Crippen LogP contribution in [0.15, 0.2) is 18.2 Å². The summed E-state index contributed by atoms with van der Waals surface area (Å²) < 4.78 is 0. The highest BCUT2D eigenvalue weighted by atomic mass is 16.1. The second kappa shape index (κ2) is 6.01. The molecule has 1 aliphatic rings. The molecule has 1 heterocycles. The molecule has 2 N–H and O–H groups in total. The predicted octanol–water partition coefficient (Wildman–Crippen LogP) is 1.92. The van der Waals surface area contributed by atoms with Gasteiger partial charge in [-0.1, -0.05) is 18.2 Å². The van der Waals surface area contributed by atoms with Crippen LogP contribution in [0, 0.1) is 19.8 Å². The largest absolute Gasteiger partial charge is 0.352 e. The van der Waals surface area contributed by atoms with E-state index in [0.717, 1.165) is 25.9 Å². The second-order valence-corrected chi connectivity index (χ2v) is 5.16. The van der Waals surface area contributed by atoms with E-state index in [-0.39, 0.29) is 11.8 Å². The van der Waals surface area contributed by atoms with Gasteiger partial charge in [-0.2, -0.15) is 0 Å². The van der Waals surface area contributed by atoms with Crippen molar-refractivity contribution < 1.29 is 4.79 Å². The Bertz CT molecular complexity index is 423. The first kappa shape index (κ1) is 13.1. The molecule has 0 aliphatic carbocycles. The minimum atomic E-state index is 0.192. The first-order chi connectivity index (χ1) is 8.66. The molecular weight excluding hydrogens is 224 g/mol. The van der Waals surface area contributed by atoms with Crippen LogP contribution in [0.2, 0.25) is 0 Å². The molecule has 0 unspecified atom stereocenters. The molecule has 18 heavy (non-hydrogen) atoms. The van der Waals surface area contributed by atoms with E-state index >= 15 is 0 Å². The summed E-state index contributed by atoms with van der Waals surface area (Å²) in [6.07, 6.45) is 1.91. The minimum Gasteiger partial charge on any atom is -0.352 e. The Labute approximate surface area is 109 Å². The number of nitrogens with one attached hydrogen (secondary N) is 2. The van der Waals surface area contributed by atoms with Gasteiger partial charge in [0.2, 0.25) is 5.91 Å². The van der Waals surface area contributed by atoms with Crippen LogP contribution >= 0.6 is 0 Å². The SMILES string of the molecule is Cc1ccc(CNC(=O)C2CCNCC2)cc1C. The number of carbonyl (C=O) groups excluding carboxylic acids is 1. The van der Waals surface area contributed by atoms with Crippen LogP contribution in [0.4, 0.5) is 0 Å². The fraction of sp³-hybridized carbons (Fsp3) is 0.533. The Kier molecular flexibility index (Phi) is 4.37. The van der Waals surface area contributed by atoms with E-state index in [1.54, 1.807) is 0 Å². The van der Waals surface area contributed by atoms with E-state index in [0.29, 0.717) is 6.54 Å². The van der Waals surface area contributed by atoms with Crippen LogP contribution in [0.3, 0.4) is 0 Å². The van der Waals surface area contributed by atoms with Crippen molar-refractivity contribution in [3.05, 3.63) is 34.9 Å². The summed E-state index contributed by atoms with van der Waals surface area (Å²) in [4.78, 5) is 12.0. The van der Waals surface area contributed by atoms with E-state index in [9.17, 15) is 4.79 Å². The maximum absolute atomic E-state index is 12.0. The zero-order chi connectivity index (χ0) is 13.0. The lowest BCUT2D eigenvalue weighted by Crippen LogP contribution is -2.37. The molecule has 0 radical (unpaired) electrons. The maximum Gasteiger partial charge on any atom is 0.223 e. The summed E-state index contributed by atoms with van der Waals surface area (Å²) in [6, 6.07) is 6.35. The summed E-state index contributed by atoms with van der Waals surface area (Å²) in [5, 5.41) is 6.33. The molecule has 1 aliphatic heterocycles. The van der Waals surface area contributed by atoms with Gasteiger partial charge in [0.25, 0.3) is 0 Å². The zero-order valence-electron chi connectivity index (χ0n) is 11.3. The molecule has 1 aromatic rings. The van der Waals surface area contributed by atoms with Crippen LogP contribution in [-0.4, -0.2) is 19.0 Å². The lowest BCUT2D eigenvalue weighted by atomic mass is 9.97. The molecule has 1 fully saturated rings. The monoisotopic (exact) mass is 246 g/mol. The van der Waals surface area contributed by atoms with E-state index in [4.69, 9.17) is 0 Å². The van der Waals surface area contributed by atoms with Gasteiger partial charge < -0.3 is 10.6 Å². The molecular formula is C15H22N2O. The van der Waals surface area contributed by atoms with Crippen molar-refractivity contribution in [1.29, 1.82) is 0 Å². The summed E-state index contributed by atoms with van der Waals surface area (Å²) in [6.45, 7) is 6.77. The Morgan fingerprint density at radius 2 is 2.00 bits per heavy atom. The van der Waals surface area contributed by atoms with Gasteiger partial charge in [-0.15, -0.1) is 0 Å². The highest BCUT2D eigenvalue weighted by Gasteiger charge is 2.20. The van der Waals surface area contributed by atoms with Gasteiger partial charge >= 0.3 is 0 Å². The molecule has 0 aromatic heterocycles. The summed E-state index contributed by atoms with van der Waals surface area (Å²) in [7, 11) is 0. The third kappa shape index (κ3) is 3.33. The molecule has 0 saturated carbocycles. The number of aryl methyl sites for hydroxylation is 2. The molecule has 3 heteroatoms. The number of hydrogen-bond donors (Lipinski definition) is 2. The number of rotatable bonds is 3. The highest BCUT2D eigenvalue weighted by molar-refractivity contribution is 5.78. The van der Waals surface area contributed by atoms with Crippen molar-refractivity contribution in [1.82, 2.24) is 10.6 Å². The summed E-state index contributed by atoms with van der Waals surface area (Å²) in [5.74, 6) is 0.396. The minimum absolute atomic E-state index is 0.192. The van der Waals surface area contributed by atoms with Crippen molar-refractivity contribution in [2.24, 2.45) is 5.92 Å². The number of amides is 1. The average Bonchev–Trinajstić information content (AvgIpc) is 2.41. The molecule has 3 nitrogen and oxygen atoms in total. The van der Waals surface area contributed by atoms with Gasteiger partial charge in [0.1, 0.15) is 0 Å². The lowest BCUT2D eigenvalue weighted by Gasteiger charge is -2.21. The third-order valence-corrected chi connectivity index (χ3v) is 3.75. The molecule has 0 spiro atoms.